The van der Waals surface area contributed by atoms with Crippen LogP contribution in [0.5, 0.6) is 11.5 Å². The Morgan fingerprint density at radius 3 is 2.52 bits per heavy atom. The molecule has 0 aliphatic carbocycles. The summed E-state index contributed by atoms with van der Waals surface area (Å²) in [7, 11) is 1.61. The van der Waals surface area contributed by atoms with Crippen molar-refractivity contribution < 1.29 is 19.4 Å². The summed E-state index contributed by atoms with van der Waals surface area (Å²) in [5, 5.41) is 13.6. The number of amides is 1. The molecule has 1 saturated heterocycles. The van der Waals surface area contributed by atoms with Crippen LogP contribution in [0.2, 0.25) is 0 Å². The van der Waals surface area contributed by atoms with Gasteiger partial charge in [0.15, 0.2) is 0 Å². The maximum atomic E-state index is 12.1. The monoisotopic (exact) mass is 350 g/mol. The average Bonchev–Trinajstić information content (AvgIpc) is 2.54. The molecule has 0 aromatic heterocycles. The fourth-order valence-electron chi connectivity index (χ4n) is 3.00. The number of aromatic hydroxyl groups is 1. The molecule has 1 unspecified atom stereocenters. The van der Waals surface area contributed by atoms with Crippen LogP contribution in [0.3, 0.4) is 0 Å². The van der Waals surface area contributed by atoms with Crippen molar-refractivity contribution in [1.29, 1.82) is 0 Å². The van der Waals surface area contributed by atoms with Crippen LogP contribution in [0.15, 0.2) is 18.2 Å². The van der Waals surface area contributed by atoms with Crippen molar-refractivity contribution in [1.82, 2.24) is 10.2 Å². The van der Waals surface area contributed by atoms with Gasteiger partial charge in [-0.2, -0.15) is 0 Å². The molecule has 0 radical (unpaired) electrons. The van der Waals surface area contributed by atoms with Crippen LogP contribution < -0.4 is 10.1 Å². The molecule has 1 aliphatic heterocycles. The highest BCUT2D eigenvalue weighted by Gasteiger charge is 2.27. The van der Waals surface area contributed by atoms with E-state index in [-0.39, 0.29) is 17.9 Å². The minimum Gasteiger partial charge on any atom is -0.508 e. The van der Waals surface area contributed by atoms with Gasteiger partial charge in [-0.1, -0.05) is 0 Å². The molecule has 140 valence electrons. The summed E-state index contributed by atoms with van der Waals surface area (Å²) in [6.45, 7) is 8.99. The van der Waals surface area contributed by atoms with Crippen LogP contribution in [0, 0.1) is 0 Å². The highest BCUT2D eigenvalue weighted by molar-refractivity contribution is 5.68. The van der Waals surface area contributed by atoms with Crippen LogP contribution in [0.4, 0.5) is 4.79 Å². The Morgan fingerprint density at radius 1 is 1.32 bits per heavy atom. The molecule has 1 atom stereocenters. The third-order valence-electron chi connectivity index (χ3n) is 4.33. The summed E-state index contributed by atoms with van der Waals surface area (Å²) in [5.41, 5.74) is 0.346. The first-order valence-corrected chi connectivity index (χ1v) is 8.80. The summed E-state index contributed by atoms with van der Waals surface area (Å²) >= 11 is 0. The number of rotatable bonds is 4. The molecule has 1 amide bonds. The number of phenols is 1. The number of piperidine rings is 1. The lowest BCUT2D eigenvalue weighted by atomic mass is 10.0. The van der Waals surface area contributed by atoms with Crippen LogP contribution in [0.25, 0.3) is 0 Å². The smallest absolute Gasteiger partial charge is 0.410 e. The second kappa shape index (κ2) is 7.95. The Morgan fingerprint density at radius 2 is 1.96 bits per heavy atom. The first-order chi connectivity index (χ1) is 11.7. The minimum atomic E-state index is -0.468. The predicted molar refractivity (Wildman–Crippen MR) is 97.0 cm³/mol. The van der Waals surface area contributed by atoms with E-state index in [0.29, 0.717) is 19.1 Å². The van der Waals surface area contributed by atoms with Crippen molar-refractivity contribution in [3.8, 4) is 11.5 Å². The summed E-state index contributed by atoms with van der Waals surface area (Å²) in [4.78, 5) is 13.9. The molecule has 0 bridgehead atoms. The number of carbonyl (C=O) groups is 1. The normalized spacial score (nSPS) is 17.2. The number of methoxy groups -OCH3 is 1. The van der Waals surface area contributed by atoms with Gasteiger partial charge in [0.2, 0.25) is 0 Å². The predicted octanol–water partition coefficient (Wildman–Crippen LogP) is 3.45. The number of hydrogen-bond acceptors (Lipinski definition) is 5. The number of benzene rings is 1. The molecule has 1 aliphatic rings. The zero-order chi connectivity index (χ0) is 18.6. The molecular weight excluding hydrogens is 320 g/mol. The highest BCUT2D eigenvalue weighted by atomic mass is 16.6. The quantitative estimate of drug-likeness (QED) is 0.870. The first kappa shape index (κ1) is 19.4. The minimum absolute atomic E-state index is 0.00632. The van der Waals surface area contributed by atoms with Crippen molar-refractivity contribution >= 4 is 6.09 Å². The first-order valence-electron chi connectivity index (χ1n) is 8.80. The van der Waals surface area contributed by atoms with Crippen molar-refractivity contribution in [3.63, 3.8) is 0 Å². The van der Waals surface area contributed by atoms with E-state index in [1.165, 1.54) is 0 Å². The number of carbonyl (C=O) groups excluding carboxylic acids is 1. The Bertz CT molecular complexity index is 590. The van der Waals surface area contributed by atoms with Gasteiger partial charge >= 0.3 is 6.09 Å². The third kappa shape index (κ3) is 5.53. The average molecular weight is 350 g/mol. The lowest BCUT2D eigenvalue weighted by Crippen LogP contribution is -2.46. The standard InChI is InChI=1S/C19H30N2O4/c1-13(16-12-15(24-5)6-7-17(16)22)20-14-8-10-21(11-9-14)18(23)25-19(2,3)4/h6-7,12-14,20,22H,8-11H2,1-5H3. The van der Waals surface area contributed by atoms with Gasteiger partial charge in [0.05, 0.1) is 7.11 Å². The Balaban J connectivity index is 1.88. The molecule has 6 nitrogen and oxygen atoms in total. The van der Waals surface area contributed by atoms with Crippen LogP contribution >= 0.6 is 0 Å². The lowest BCUT2D eigenvalue weighted by molar-refractivity contribution is 0.0196. The topological polar surface area (TPSA) is 71.0 Å². The number of hydrogen-bond donors (Lipinski definition) is 2. The zero-order valence-corrected chi connectivity index (χ0v) is 15.8. The van der Waals surface area contributed by atoms with Gasteiger partial charge in [-0.05, 0) is 58.7 Å². The third-order valence-corrected chi connectivity index (χ3v) is 4.33. The van der Waals surface area contributed by atoms with Crippen LogP contribution in [-0.2, 0) is 4.74 Å². The van der Waals surface area contributed by atoms with E-state index in [9.17, 15) is 9.90 Å². The fraction of sp³-hybridized carbons (Fsp3) is 0.632. The van der Waals surface area contributed by atoms with E-state index in [2.05, 4.69) is 5.32 Å². The maximum Gasteiger partial charge on any atom is 0.410 e. The summed E-state index contributed by atoms with van der Waals surface area (Å²) in [6.07, 6.45) is 1.47. The summed E-state index contributed by atoms with van der Waals surface area (Å²) < 4.78 is 10.7. The van der Waals surface area contributed by atoms with Crippen LogP contribution in [-0.4, -0.2) is 47.9 Å². The molecule has 6 heteroatoms. The Hall–Kier alpha value is -1.95. The van der Waals surface area contributed by atoms with E-state index in [1.807, 2.05) is 33.8 Å². The molecule has 1 aromatic rings. The number of likely N-dealkylation sites (tertiary alicyclic amines) is 1. The molecule has 1 aromatic carbocycles. The Labute approximate surface area is 150 Å². The second-order valence-corrected chi connectivity index (χ2v) is 7.55. The number of phenolic OH excluding ortho intramolecular Hbond substituents is 1. The SMILES string of the molecule is COc1ccc(O)c(C(C)NC2CCN(C(=O)OC(C)(C)C)CC2)c1. The van der Waals surface area contributed by atoms with Gasteiger partial charge in [-0.15, -0.1) is 0 Å². The number of nitrogens with zero attached hydrogens (tertiary/aromatic N) is 1. The zero-order valence-electron chi connectivity index (χ0n) is 15.8. The van der Waals surface area contributed by atoms with Gasteiger partial charge in [-0.3, -0.25) is 0 Å². The van der Waals surface area contributed by atoms with Gasteiger partial charge in [0, 0.05) is 30.7 Å². The molecule has 0 spiro atoms. The van der Waals surface area contributed by atoms with Gasteiger partial charge in [0.1, 0.15) is 17.1 Å². The van der Waals surface area contributed by atoms with Crippen LogP contribution in [0.1, 0.15) is 52.1 Å². The number of ether oxygens (including phenoxy) is 2. The fourth-order valence-corrected chi connectivity index (χ4v) is 3.00. The molecule has 1 fully saturated rings. The van der Waals surface area contributed by atoms with Gasteiger partial charge in [-0.25, -0.2) is 4.79 Å². The van der Waals surface area contributed by atoms with Crippen molar-refractivity contribution in [2.75, 3.05) is 20.2 Å². The molecule has 0 saturated carbocycles. The second-order valence-electron chi connectivity index (χ2n) is 7.55. The molecule has 25 heavy (non-hydrogen) atoms. The van der Waals surface area contributed by atoms with Gasteiger partial charge in [0.25, 0.3) is 0 Å². The van der Waals surface area contributed by atoms with E-state index < -0.39 is 5.60 Å². The van der Waals surface area contributed by atoms with Gasteiger partial charge < -0.3 is 24.8 Å². The summed E-state index contributed by atoms with van der Waals surface area (Å²) in [5.74, 6) is 0.980. The van der Waals surface area contributed by atoms with Crippen molar-refractivity contribution in [3.05, 3.63) is 23.8 Å². The molecule has 2 rings (SSSR count). The molecule has 1 heterocycles. The van der Waals surface area contributed by atoms with E-state index >= 15 is 0 Å². The molecule has 2 N–H and O–H groups in total. The largest absolute Gasteiger partial charge is 0.508 e. The summed E-state index contributed by atoms with van der Waals surface area (Å²) in [6, 6.07) is 5.53. The highest BCUT2D eigenvalue weighted by Crippen LogP contribution is 2.29. The Kier molecular flexibility index (Phi) is 6.16. The van der Waals surface area contributed by atoms with Crippen molar-refractivity contribution in [2.24, 2.45) is 0 Å². The number of nitrogens with one attached hydrogen (secondary N) is 1. The lowest BCUT2D eigenvalue weighted by Gasteiger charge is -2.35. The van der Waals surface area contributed by atoms with Crippen molar-refractivity contribution in [2.45, 2.75) is 58.2 Å². The molecular formula is C19H30N2O4. The van der Waals surface area contributed by atoms with E-state index in [1.54, 1.807) is 24.1 Å². The van der Waals surface area contributed by atoms with E-state index in [0.717, 1.165) is 24.2 Å². The maximum absolute atomic E-state index is 12.1. The van der Waals surface area contributed by atoms with E-state index in [4.69, 9.17) is 9.47 Å².